The van der Waals surface area contributed by atoms with Gasteiger partial charge >= 0.3 is 6.18 Å². The maximum absolute atomic E-state index is 12.5. The van der Waals surface area contributed by atoms with Crippen LogP contribution in [0.1, 0.15) is 22.8 Å². The first-order chi connectivity index (χ1) is 7.90. The molecule has 0 saturated carbocycles. The van der Waals surface area contributed by atoms with Crippen molar-refractivity contribution in [3.05, 3.63) is 29.3 Å². The van der Waals surface area contributed by atoms with Crippen molar-refractivity contribution in [3.8, 4) is 5.75 Å². The number of carbonyl (C=O) groups is 1. The summed E-state index contributed by atoms with van der Waals surface area (Å²) in [6.45, 7) is 1.98. The van der Waals surface area contributed by atoms with Crippen LogP contribution in [-0.2, 0) is 6.18 Å². The fourth-order valence-electron chi connectivity index (χ4n) is 1.28. The Morgan fingerprint density at radius 1 is 1.41 bits per heavy atom. The van der Waals surface area contributed by atoms with Gasteiger partial charge in [-0.25, -0.2) is 0 Å². The maximum atomic E-state index is 12.5. The zero-order chi connectivity index (χ0) is 13.1. The van der Waals surface area contributed by atoms with Crippen LogP contribution in [0.25, 0.3) is 0 Å². The first kappa shape index (κ1) is 14.0. The molecule has 0 aliphatic heterocycles. The first-order valence-electron chi connectivity index (χ1n) is 4.83. The minimum Gasteiger partial charge on any atom is -0.493 e. The second-order valence-corrected chi connectivity index (χ2v) is 3.76. The SMILES string of the molecule is CCOc1ccc(C(F)(F)F)cc1C(=O)CBr. The second kappa shape index (κ2) is 5.53. The Hall–Kier alpha value is -1.04. The molecule has 0 saturated heterocycles. The minimum absolute atomic E-state index is 0.0472. The zero-order valence-corrected chi connectivity index (χ0v) is 10.6. The third-order valence-electron chi connectivity index (χ3n) is 2.03. The second-order valence-electron chi connectivity index (χ2n) is 3.20. The van der Waals surface area contributed by atoms with E-state index in [1.807, 2.05) is 0 Å². The van der Waals surface area contributed by atoms with Crippen molar-refractivity contribution in [1.82, 2.24) is 0 Å². The molecule has 0 radical (unpaired) electrons. The van der Waals surface area contributed by atoms with Crippen LogP contribution in [0, 0.1) is 0 Å². The Morgan fingerprint density at radius 3 is 2.53 bits per heavy atom. The largest absolute Gasteiger partial charge is 0.493 e. The van der Waals surface area contributed by atoms with Crippen LogP contribution < -0.4 is 4.74 Å². The van der Waals surface area contributed by atoms with E-state index in [0.29, 0.717) is 0 Å². The van der Waals surface area contributed by atoms with Gasteiger partial charge < -0.3 is 4.74 Å². The molecule has 2 nitrogen and oxygen atoms in total. The van der Waals surface area contributed by atoms with Gasteiger partial charge in [-0.1, -0.05) is 15.9 Å². The Morgan fingerprint density at radius 2 is 2.06 bits per heavy atom. The van der Waals surface area contributed by atoms with Crippen LogP contribution in [0.5, 0.6) is 5.75 Å². The van der Waals surface area contributed by atoms with Gasteiger partial charge in [0, 0.05) is 0 Å². The summed E-state index contributed by atoms with van der Waals surface area (Å²) in [5, 5.41) is -0.0472. The van der Waals surface area contributed by atoms with Crippen molar-refractivity contribution in [2.45, 2.75) is 13.1 Å². The zero-order valence-electron chi connectivity index (χ0n) is 8.97. The molecule has 17 heavy (non-hydrogen) atoms. The number of halogens is 4. The predicted molar refractivity (Wildman–Crippen MR) is 60.7 cm³/mol. The van der Waals surface area contributed by atoms with E-state index in [9.17, 15) is 18.0 Å². The predicted octanol–water partition coefficient (Wildman–Crippen LogP) is 3.68. The quantitative estimate of drug-likeness (QED) is 0.626. The third kappa shape index (κ3) is 3.46. The smallest absolute Gasteiger partial charge is 0.416 e. The van der Waals surface area contributed by atoms with Gasteiger partial charge in [0.2, 0.25) is 0 Å². The van der Waals surface area contributed by atoms with E-state index in [0.717, 1.165) is 12.1 Å². The number of ketones is 1. The molecule has 0 bridgehead atoms. The molecule has 1 aromatic carbocycles. The third-order valence-corrected chi connectivity index (χ3v) is 2.54. The number of benzene rings is 1. The summed E-state index contributed by atoms with van der Waals surface area (Å²) >= 11 is 2.93. The van der Waals surface area contributed by atoms with E-state index in [2.05, 4.69) is 15.9 Å². The summed E-state index contributed by atoms with van der Waals surface area (Å²) in [4.78, 5) is 11.5. The van der Waals surface area contributed by atoms with Crippen molar-refractivity contribution >= 4 is 21.7 Å². The van der Waals surface area contributed by atoms with Crippen molar-refractivity contribution in [2.24, 2.45) is 0 Å². The first-order valence-corrected chi connectivity index (χ1v) is 5.95. The van der Waals surface area contributed by atoms with Crippen LogP contribution in [0.2, 0.25) is 0 Å². The molecular weight excluding hydrogens is 301 g/mol. The van der Waals surface area contributed by atoms with Gasteiger partial charge in [-0.05, 0) is 25.1 Å². The van der Waals surface area contributed by atoms with E-state index in [-0.39, 0.29) is 23.2 Å². The molecule has 0 N–H and O–H groups in total. The van der Waals surface area contributed by atoms with Crippen LogP contribution in [-0.4, -0.2) is 17.7 Å². The van der Waals surface area contributed by atoms with Gasteiger partial charge in [0.15, 0.2) is 5.78 Å². The average Bonchev–Trinajstić information content (AvgIpc) is 2.27. The van der Waals surface area contributed by atoms with Crippen molar-refractivity contribution in [2.75, 3.05) is 11.9 Å². The molecule has 0 amide bonds. The van der Waals surface area contributed by atoms with Crippen molar-refractivity contribution < 1.29 is 22.7 Å². The molecule has 0 aliphatic rings. The average molecular weight is 311 g/mol. The van der Waals surface area contributed by atoms with E-state index in [1.54, 1.807) is 6.92 Å². The van der Waals surface area contributed by atoms with Gasteiger partial charge in [-0.15, -0.1) is 0 Å². The summed E-state index contributed by atoms with van der Waals surface area (Å²) in [6.07, 6.45) is -4.47. The van der Waals surface area contributed by atoms with Gasteiger partial charge in [0.1, 0.15) is 5.75 Å². The van der Waals surface area contributed by atoms with Gasteiger partial charge in [0.05, 0.1) is 23.1 Å². The molecular formula is C11H10BrF3O2. The lowest BCUT2D eigenvalue weighted by Gasteiger charge is -2.12. The normalized spacial score (nSPS) is 11.4. The molecule has 0 spiro atoms. The molecule has 1 rings (SSSR count). The number of hydrogen-bond donors (Lipinski definition) is 0. The number of ether oxygens (including phenoxy) is 1. The maximum Gasteiger partial charge on any atom is 0.416 e. The Bertz CT molecular complexity index is 416. The minimum atomic E-state index is -4.47. The number of hydrogen-bond acceptors (Lipinski definition) is 2. The Labute approximate surface area is 105 Å². The van der Waals surface area contributed by atoms with Gasteiger partial charge in [-0.2, -0.15) is 13.2 Å². The van der Waals surface area contributed by atoms with Crippen LogP contribution in [0.3, 0.4) is 0 Å². The Balaban J connectivity index is 3.24. The Kier molecular flexibility index (Phi) is 4.56. The summed E-state index contributed by atoms with van der Waals surface area (Å²) < 4.78 is 42.6. The number of carbonyl (C=O) groups excluding carboxylic acids is 1. The van der Waals surface area contributed by atoms with Crippen LogP contribution in [0.15, 0.2) is 18.2 Å². The van der Waals surface area contributed by atoms with E-state index >= 15 is 0 Å². The van der Waals surface area contributed by atoms with Crippen molar-refractivity contribution in [1.29, 1.82) is 0 Å². The molecule has 0 unspecified atom stereocenters. The molecule has 0 heterocycles. The summed E-state index contributed by atoms with van der Waals surface area (Å²) in [5.41, 5.74) is -0.913. The monoisotopic (exact) mass is 310 g/mol. The molecule has 94 valence electrons. The summed E-state index contributed by atoms with van der Waals surface area (Å²) in [7, 11) is 0. The topological polar surface area (TPSA) is 26.3 Å². The number of Topliss-reactive ketones (excluding diaryl/α,β-unsaturated/α-hetero) is 1. The van der Waals surface area contributed by atoms with E-state index < -0.39 is 17.5 Å². The lowest BCUT2D eigenvalue weighted by Crippen LogP contribution is -2.10. The highest BCUT2D eigenvalue weighted by Crippen LogP contribution is 2.32. The summed E-state index contributed by atoms with van der Waals surface area (Å²) in [5.74, 6) is -0.274. The van der Waals surface area contributed by atoms with Gasteiger partial charge in [0.25, 0.3) is 0 Å². The summed E-state index contributed by atoms with van der Waals surface area (Å²) in [6, 6.07) is 2.88. The molecule has 0 aromatic heterocycles. The molecule has 6 heteroatoms. The highest BCUT2D eigenvalue weighted by molar-refractivity contribution is 9.09. The molecule has 1 aromatic rings. The number of rotatable bonds is 4. The van der Waals surface area contributed by atoms with E-state index in [4.69, 9.17) is 4.74 Å². The highest BCUT2D eigenvalue weighted by atomic mass is 79.9. The van der Waals surface area contributed by atoms with Crippen molar-refractivity contribution in [3.63, 3.8) is 0 Å². The lowest BCUT2D eigenvalue weighted by atomic mass is 10.1. The standard InChI is InChI=1S/C11H10BrF3O2/c1-2-17-10-4-3-7(11(13,14)15)5-8(10)9(16)6-12/h3-5H,2,6H2,1H3. The highest BCUT2D eigenvalue weighted by Gasteiger charge is 2.31. The molecule has 0 aliphatic carbocycles. The van der Waals surface area contributed by atoms with Gasteiger partial charge in [-0.3, -0.25) is 4.79 Å². The van der Waals surface area contributed by atoms with Crippen LogP contribution in [0.4, 0.5) is 13.2 Å². The molecule has 0 fully saturated rings. The fourth-order valence-corrected chi connectivity index (χ4v) is 1.58. The lowest BCUT2D eigenvalue weighted by molar-refractivity contribution is -0.137. The van der Waals surface area contributed by atoms with Crippen LogP contribution >= 0.6 is 15.9 Å². The number of alkyl halides is 4. The molecule has 0 atom stereocenters. The van der Waals surface area contributed by atoms with E-state index in [1.165, 1.54) is 6.07 Å². The fraction of sp³-hybridized carbons (Fsp3) is 0.364.